The zero-order chi connectivity index (χ0) is 15.0. The lowest BCUT2D eigenvalue weighted by Crippen LogP contribution is -2.31. The van der Waals surface area contributed by atoms with Gasteiger partial charge in [0.1, 0.15) is 0 Å². The van der Waals surface area contributed by atoms with Crippen LogP contribution in [-0.4, -0.2) is 24.9 Å². The van der Waals surface area contributed by atoms with Crippen LogP contribution in [0.25, 0.3) is 0 Å². The van der Waals surface area contributed by atoms with E-state index in [0.29, 0.717) is 11.3 Å². The highest BCUT2D eigenvalue weighted by atomic mass is 35.5. The second kappa shape index (κ2) is 6.26. The number of carbonyl (C=O) groups excluding carboxylic acids is 2. The van der Waals surface area contributed by atoms with Gasteiger partial charge in [0.15, 0.2) is 0 Å². The molecule has 0 bridgehead atoms. The molecule has 6 heteroatoms. The first-order chi connectivity index (χ1) is 10.0. The molecule has 1 atom stereocenters. The van der Waals surface area contributed by atoms with Crippen LogP contribution in [0.1, 0.15) is 35.2 Å². The number of nitrogens with one attached hydrogen (secondary N) is 2. The van der Waals surface area contributed by atoms with Crippen molar-refractivity contribution < 1.29 is 9.59 Å². The highest BCUT2D eigenvalue weighted by molar-refractivity contribution is 5.98. The highest BCUT2D eigenvalue weighted by Crippen LogP contribution is 2.58. The normalized spacial score (nSPS) is 21.8. The minimum Gasteiger partial charge on any atom is -0.366 e. The Kier molecular flexibility index (Phi) is 4.78. The van der Waals surface area contributed by atoms with E-state index >= 15 is 0 Å². The van der Waals surface area contributed by atoms with E-state index in [-0.39, 0.29) is 29.6 Å². The third-order valence-electron chi connectivity index (χ3n) is 4.88. The van der Waals surface area contributed by atoms with E-state index in [0.717, 1.165) is 37.9 Å². The second-order valence-electron chi connectivity index (χ2n) is 6.25. The molecule has 2 aliphatic rings. The molecule has 3 rings (SSSR count). The third-order valence-corrected chi connectivity index (χ3v) is 4.88. The summed E-state index contributed by atoms with van der Waals surface area (Å²) < 4.78 is 0. The maximum Gasteiger partial charge on any atom is 0.249 e. The Morgan fingerprint density at radius 3 is 2.64 bits per heavy atom. The highest BCUT2D eigenvalue weighted by Gasteiger charge is 2.57. The fourth-order valence-electron chi connectivity index (χ4n) is 3.39. The minimum absolute atomic E-state index is 0. The molecule has 1 saturated heterocycles. The zero-order valence-electron chi connectivity index (χ0n) is 12.6. The molecule has 1 aliphatic heterocycles. The summed E-state index contributed by atoms with van der Waals surface area (Å²) >= 11 is 0. The van der Waals surface area contributed by atoms with Crippen LogP contribution in [0.2, 0.25) is 0 Å². The Balaban J connectivity index is 0.00000176. The van der Waals surface area contributed by atoms with Gasteiger partial charge in [0, 0.05) is 17.2 Å². The minimum atomic E-state index is -0.468. The maximum atomic E-state index is 12.4. The molecular weight excluding hydrogens is 302 g/mol. The van der Waals surface area contributed by atoms with Gasteiger partial charge in [-0.1, -0.05) is 6.07 Å². The molecule has 1 aromatic rings. The molecule has 0 aromatic heterocycles. The van der Waals surface area contributed by atoms with E-state index in [4.69, 9.17) is 5.73 Å². The summed E-state index contributed by atoms with van der Waals surface area (Å²) in [5.74, 6) is -0.293. The summed E-state index contributed by atoms with van der Waals surface area (Å²) in [6.45, 7) is 3.83. The number of piperidine rings is 1. The molecule has 1 unspecified atom stereocenters. The molecule has 1 saturated carbocycles. The molecule has 2 fully saturated rings. The van der Waals surface area contributed by atoms with Crippen LogP contribution in [0.3, 0.4) is 0 Å². The van der Waals surface area contributed by atoms with Crippen molar-refractivity contribution in [3.05, 3.63) is 29.3 Å². The fraction of sp³-hybridized carbons (Fsp3) is 0.500. The fourth-order valence-corrected chi connectivity index (χ4v) is 3.39. The summed E-state index contributed by atoms with van der Waals surface area (Å²) in [4.78, 5) is 23.7. The molecular formula is C16H22ClN3O2. The van der Waals surface area contributed by atoms with Crippen LogP contribution in [0.4, 0.5) is 5.69 Å². The number of hydrogen-bond donors (Lipinski definition) is 3. The SMILES string of the molecule is Cc1ccc(NC(=O)C2CC23CCNCC3)cc1C(N)=O.Cl. The number of aryl methyl sites for hydroxylation is 1. The molecule has 1 spiro atoms. The quantitative estimate of drug-likeness (QED) is 0.793. The standard InChI is InChI=1S/C16H21N3O2.ClH/c1-10-2-3-11(8-12(10)14(17)20)19-15(21)13-9-16(13)4-6-18-7-5-16;/h2-3,8,13,18H,4-7,9H2,1H3,(H2,17,20)(H,19,21);1H. The van der Waals surface area contributed by atoms with Gasteiger partial charge in [-0.05, 0) is 62.4 Å². The Morgan fingerprint density at radius 1 is 1.32 bits per heavy atom. The largest absolute Gasteiger partial charge is 0.366 e. The summed E-state index contributed by atoms with van der Waals surface area (Å²) in [6.07, 6.45) is 3.13. The van der Waals surface area contributed by atoms with Crippen molar-refractivity contribution in [1.29, 1.82) is 0 Å². The second-order valence-corrected chi connectivity index (χ2v) is 6.25. The van der Waals surface area contributed by atoms with Gasteiger partial charge in [-0.25, -0.2) is 0 Å². The number of nitrogens with two attached hydrogens (primary N) is 1. The number of rotatable bonds is 3. The van der Waals surface area contributed by atoms with Gasteiger partial charge in [0.25, 0.3) is 0 Å². The van der Waals surface area contributed by atoms with Crippen LogP contribution in [-0.2, 0) is 4.79 Å². The molecule has 120 valence electrons. The van der Waals surface area contributed by atoms with Crippen LogP contribution in [0.15, 0.2) is 18.2 Å². The number of halogens is 1. The molecule has 1 aliphatic carbocycles. The van der Waals surface area contributed by atoms with Gasteiger partial charge >= 0.3 is 0 Å². The summed E-state index contributed by atoms with van der Waals surface area (Å²) in [5.41, 5.74) is 7.48. The summed E-state index contributed by atoms with van der Waals surface area (Å²) in [6, 6.07) is 5.28. The molecule has 1 heterocycles. The van der Waals surface area contributed by atoms with E-state index < -0.39 is 5.91 Å². The van der Waals surface area contributed by atoms with Crippen LogP contribution >= 0.6 is 12.4 Å². The van der Waals surface area contributed by atoms with Crippen LogP contribution in [0.5, 0.6) is 0 Å². The molecule has 5 nitrogen and oxygen atoms in total. The number of hydrogen-bond acceptors (Lipinski definition) is 3. The van der Waals surface area contributed by atoms with Crippen molar-refractivity contribution in [2.75, 3.05) is 18.4 Å². The van der Waals surface area contributed by atoms with E-state index in [9.17, 15) is 9.59 Å². The van der Waals surface area contributed by atoms with Gasteiger partial charge in [-0.3, -0.25) is 9.59 Å². The first-order valence-corrected chi connectivity index (χ1v) is 7.44. The molecule has 2 amide bonds. The smallest absolute Gasteiger partial charge is 0.249 e. The number of benzene rings is 1. The lowest BCUT2D eigenvalue weighted by molar-refractivity contribution is -0.118. The van der Waals surface area contributed by atoms with Gasteiger partial charge < -0.3 is 16.4 Å². The van der Waals surface area contributed by atoms with E-state index in [1.54, 1.807) is 6.07 Å². The van der Waals surface area contributed by atoms with Crippen molar-refractivity contribution >= 4 is 29.9 Å². The van der Waals surface area contributed by atoms with Crippen molar-refractivity contribution in [2.45, 2.75) is 26.2 Å². The van der Waals surface area contributed by atoms with Gasteiger partial charge in [-0.2, -0.15) is 0 Å². The van der Waals surface area contributed by atoms with Crippen molar-refractivity contribution in [3.63, 3.8) is 0 Å². The predicted molar refractivity (Wildman–Crippen MR) is 88.2 cm³/mol. The average molecular weight is 324 g/mol. The Morgan fingerprint density at radius 2 is 2.00 bits per heavy atom. The number of carbonyl (C=O) groups is 2. The average Bonchev–Trinajstić information content (AvgIpc) is 3.15. The number of primary amides is 1. The third kappa shape index (κ3) is 3.10. The summed E-state index contributed by atoms with van der Waals surface area (Å²) in [5, 5.41) is 6.26. The first kappa shape index (κ1) is 16.8. The lowest BCUT2D eigenvalue weighted by atomic mass is 9.91. The van der Waals surface area contributed by atoms with Gasteiger partial charge in [0.05, 0.1) is 0 Å². The Bertz CT molecular complexity index is 597. The van der Waals surface area contributed by atoms with E-state index in [1.165, 1.54) is 0 Å². The molecule has 1 aromatic carbocycles. The monoisotopic (exact) mass is 323 g/mol. The molecule has 22 heavy (non-hydrogen) atoms. The summed E-state index contributed by atoms with van der Waals surface area (Å²) in [7, 11) is 0. The lowest BCUT2D eigenvalue weighted by Gasteiger charge is -2.23. The van der Waals surface area contributed by atoms with Gasteiger partial charge in [0.2, 0.25) is 11.8 Å². The zero-order valence-corrected chi connectivity index (χ0v) is 13.5. The van der Waals surface area contributed by atoms with Gasteiger partial charge in [-0.15, -0.1) is 12.4 Å². The predicted octanol–water partition coefficient (Wildman–Crippen LogP) is 1.84. The number of anilines is 1. The van der Waals surface area contributed by atoms with Crippen molar-refractivity contribution in [2.24, 2.45) is 17.1 Å². The van der Waals surface area contributed by atoms with E-state index in [1.807, 2.05) is 19.1 Å². The molecule has 0 radical (unpaired) electrons. The van der Waals surface area contributed by atoms with Crippen LogP contribution < -0.4 is 16.4 Å². The van der Waals surface area contributed by atoms with Crippen molar-refractivity contribution in [1.82, 2.24) is 5.32 Å². The maximum absolute atomic E-state index is 12.4. The topological polar surface area (TPSA) is 84.2 Å². The van der Waals surface area contributed by atoms with Crippen LogP contribution in [0, 0.1) is 18.3 Å². The number of amides is 2. The van der Waals surface area contributed by atoms with E-state index in [2.05, 4.69) is 10.6 Å². The molecule has 4 N–H and O–H groups in total. The van der Waals surface area contributed by atoms with Crippen molar-refractivity contribution in [3.8, 4) is 0 Å². The first-order valence-electron chi connectivity index (χ1n) is 7.44. The Labute approximate surface area is 136 Å². The Hall–Kier alpha value is -1.59.